The van der Waals surface area contributed by atoms with Crippen LogP contribution in [-0.2, 0) is 4.79 Å². The average molecular weight is 286 g/mol. The second-order valence-electron chi connectivity index (χ2n) is 7.53. The van der Waals surface area contributed by atoms with Crippen LogP contribution in [0.3, 0.4) is 0 Å². The lowest BCUT2D eigenvalue weighted by molar-refractivity contribution is -0.142. The molecule has 1 nitrogen and oxygen atoms in total. The second-order valence-corrected chi connectivity index (χ2v) is 7.53. The predicted molar refractivity (Wildman–Crippen MR) is 90.1 cm³/mol. The molecule has 0 radical (unpaired) electrons. The van der Waals surface area contributed by atoms with E-state index in [1.54, 1.807) is 0 Å². The number of hydrogen-bond donors (Lipinski definition) is 0. The van der Waals surface area contributed by atoms with E-state index in [9.17, 15) is 4.79 Å². The molecule has 2 aliphatic carbocycles. The Labute approximate surface area is 130 Å². The molecule has 1 fully saturated rings. The Bertz CT molecular complexity index is 490. The molecular formula is C20H30O. The van der Waals surface area contributed by atoms with E-state index in [-0.39, 0.29) is 5.41 Å². The molecule has 116 valence electrons. The lowest BCUT2D eigenvalue weighted by Gasteiger charge is -2.53. The summed E-state index contributed by atoms with van der Waals surface area (Å²) in [6.45, 7) is 12.9. The van der Waals surface area contributed by atoms with E-state index >= 15 is 0 Å². The number of ketones is 1. The third kappa shape index (κ3) is 3.39. The van der Waals surface area contributed by atoms with Crippen LogP contribution in [0.15, 0.2) is 35.5 Å². The van der Waals surface area contributed by atoms with Crippen molar-refractivity contribution in [3.8, 4) is 0 Å². The van der Waals surface area contributed by atoms with Gasteiger partial charge in [-0.1, -0.05) is 42.4 Å². The Kier molecular flexibility index (Phi) is 4.91. The highest BCUT2D eigenvalue weighted by Gasteiger charge is 2.54. The largest absolute Gasteiger partial charge is 0.299 e. The van der Waals surface area contributed by atoms with E-state index < -0.39 is 0 Å². The molecule has 1 heteroatoms. The van der Waals surface area contributed by atoms with E-state index in [4.69, 9.17) is 0 Å². The Hall–Kier alpha value is -1.11. The maximum atomic E-state index is 12.7. The zero-order chi connectivity index (χ0) is 15.6. The fourth-order valence-corrected chi connectivity index (χ4v) is 4.01. The van der Waals surface area contributed by atoms with Crippen LogP contribution in [-0.4, -0.2) is 5.78 Å². The number of hydrogen-bond acceptors (Lipinski definition) is 1. The Morgan fingerprint density at radius 2 is 2.14 bits per heavy atom. The minimum atomic E-state index is -0.121. The monoisotopic (exact) mass is 286 g/mol. The first kappa shape index (κ1) is 16.3. The van der Waals surface area contributed by atoms with Crippen LogP contribution < -0.4 is 0 Å². The third-order valence-corrected chi connectivity index (χ3v) is 5.61. The molecule has 0 bridgehead atoms. The fourth-order valence-electron chi connectivity index (χ4n) is 4.01. The summed E-state index contributed by atoms with van der Waals surface area (Å²) in [7, 11) is 0. The molecule has 0 aromatic heterocycles. The van der Waals surface area contributed by atoms with Gasteiger partial charge in [-0.3, -0.25) is 4.79 Å². The summed E-state index contributed by atoms with van der Waals surface area (Å²) < 4.78 is 0. The zero-order valence-corrected chi connectivity index (χ0v) is 14.2. The Morgan fingerprint density at radius 3 is 2.81 bits per heavy atom. The van der Waals surface area contributed by atoms with Crippen LogP contribution in [0.5, 0.6) is 0 Å². The molecule has 3 unspecified atom stereocenters. The van der Waals surface area contributed by atoms with Gasteiger partial charge in [0.2, 0.25) is 0 Å². The van der Waals surface area contributed by atoms with Crippen LogP contribution in [0.1, 0.15) is 66.2 Å². The van der Waals surface area contributed by atoms with Crippen molar-refractivity contribution < 1.29 is 4.79 Å². The number of carbonyl (C=O) groups is 1. The van der Waals surface area contributed by atoms with Crippen LogP contribution in [0.2, 0.25) is 0 Å². The molecule has 0 saturated heterocycles. The first-order valence-corrected chi connectivity index (χ1v) is 8.34. The average Bonchev–Trinajstić information content (AvgIpc) is 2.45. The summed E-state index contributed by atoms with van der Waals surface area (Å²) in [4.78, 5) is 12.7. The maximum absolute atomic E-state index is 12.7. The van der Waals surface area contributed by atoms with Gasteiger partial charge in [0, 0.05) is 11.8 Å². The molecule has 21 heavy (non-hydrogen) atoms. The van der Waals surface area contributed by atoms with Crippen molar-refractivity contribution in [3.63, 3.8) is 0 Å². The van der Waals surface area contributed by atoms with Gasteiger partial charge in [-0.25, -0.2) is 0 Å². The van der Waals surface area contributed by atoms with Crippen molar-refractivity contribution >= 4 is 5.78 Å². The lowest BCUT2D eigenvalue weighted by Crippen LogP contribution is -2.51. The highest BCUT2D eigenvalue weighted by molar-refractivity contribution is 5.87. The molecule has 2 aliphatic rings. The van der Waals surface area contributed by atoms with E-state index in [2.05, 4.69) is 46.4 Å². The molecule has 0 heterocycles. The van der Waals surface area contributed by atoms with Crippen molar-refractivity contribution in [2.45, 2.75) is 66.2 Å². The number of carbonyl (C=O) groups excluding carboxylic acids is 1. The van der Waals surface area contributed by atoms with Gasteiger partial charge in [-0.05, 0) is 64.7 Å². The van der Waals surface area contributed by atoms with Gasteiger partial charge < -0.3 is 0 Å². The highest BCUT2D eigenvalue weighted by atomic mass is 16.1. The van der Waals surface area contributed by atoms with Crippen molar-refractivity contribution in [2.75, 3.05) is 0 Å². The number of allylic oxidation sites excluding steroid dienone is 5. The zero-order valence-electron chi connectivity index (χ0n) is 14.2. The minimum Gasteiger partial charge on any atom is -0.299 e. The minimum absolute atomic E-state index is 0.121. The van der Waals surface area contributed by atoms with Crippen LogP contribution in [0.4, 0.5) is 0 Å². The Morgan fingerprint density at radius 1 is 1.43 bits per heavy atom. The first-order chi connectivity index (χ1) is 9.84. The summed E-state index contributed by atoms with van der Waals surface area (Å²) in [5.41, 5.74) is 3.97. The third-order valence-electron chi connectivity index (χ3n) is 5.61. The van der Waals surface area contributed by atoms with Crippen LogP contribution in [0, 0.1) is 17.3 Å². The normalized spacial score (nSPS) is 32.8. The molecule has 0 aromatic carbocycles. The molecule has 0 spiro atoms. The standard InChI is InChI=1S/C20H30O/c1-14(2)9-12-19(21)20(5)13-17-16(4)8-6-7-15(3)10-11-18(17)20/h7,9,17-18H,4,6,8,10-13H2,1-3,5H3. The van der Waals surface area contributed by atoms with E-state index in [0.29, 0.717) is 24.0 Å². The van der Waals surface area contributed by atoms with Crippen molar-refractivity contribution in [1.29, 1.82) is 0 Å². The molecule has 1 saturated carbocycles. The van der Waals surface area contributed by atoms with Gasteiger partial charge in [-0.15, -0.1) is 0 Å². The summed E-state index contributed by atoms with van der Waals surface area (Å²) in [5.74, 6) is 1.51. The number of Topliss-reactive ketones (excluding diaryl/α,β-unsaturated/α-hetero) is 1. The van der Waals surface area contributed by atoms with E-state index in [1.165, 1.54) is 16.7 Å². The first-order valence-electron chi connectivity index (χ1n) is 8.34. The van der Waals surface area contributed by atoms with Gasteiger partial charge in [0.25, 0.3) is 0 Å². The summed E-state index contributed by atoms with van der Waals surface area (Å²) >= 11 is 0. The number of rotatable bonds is 3. The summed E-state index contributed by atoms with van der Waals surface area (Å²) in [5, 5.41) is 0. The quantitative estimate of drug-likeness (QED) is 0.614. The smallest absolute Gasteiger partial charge is 0.142 e. The van der Waals surface area contributed by atoms with E-state index in [1.807, 2.05) is 0 Å². The molecule has 2 rings (SSSR count). The van der Waals surface area contributed by atoms with Crippen molar-refractivity contribution in [3.05, 3.63) is 35.5 Å². The predicted octanol–water partition coefficient (Wildman–Crippen LogP) is 5.63. The lowest BCUT2D eigenvalue weighted by atomic mass is 9.49. The van der Waals surface area contributed by atoms with Gasteiger partial charge in [0.15, 0.2) is 0 Å². The molecule has 0 amide bonds. The van der Waals surface area contributed by atoms with Crippen LogP contribution in [0.25, 0.3) is 0 Å². The Balaban J connectivity index is 2.13. The van der Waals surface area contributed by atoms with Gasteiger partial charge >= 0.3 is 0 Å². The SMILES string of the molecule is C=C1CCC=C(C)CCC2C1CC2(C)C(=O)CC=C(C)C. The van der Waals surface area contributed by atoms with Gasteiger partial charge in [0.05, 0.1) is 0 Å². The number of fused-ring (bicyclic) bond motifs is 1. The fraction of sp³-hybridized carbons (Fsp3) is 0.650. The van der Waals surface area contributed by atoms with E-state index in [0.717, 1.165) is 32.1 Å². The maximum Gasteiger partial charge on any atom is 0.142 e. The molecular weight excluding hydrogens is 256 g/mol. The van der Waals surface area contributed by atoms with Gasteiger partial charge in [-0.2, -0.15) is 0 Å². The molecule has 0 aromatic rings. The molecule has 3 atom stereocenters. The van der Waals surface area contributed by atoms with Crippen molar-refractivity contribution in [2.24, 2.45) is 17.3 Å². The van der Waals surface area contributed by atoms with Crippen LogP contribution >= 0.6 is 0 Å². The topological polar surface area (TPSA) is 17.1 Å². The second kappa shape index (κ2) is 6.34. The van der Waals surface area contributed by atoms with Gasteiger partial charge in [0.1, 0.15) is 5.78 Å². The molecule has 0 aliphatic heterocycles. The summed E-state index contributed by atoms with van der Waals surface area (Å²) in [6.07, 6.45) is 10.6. The molecule has 0 N–H and O–H groups in total. The summed E-state index contributed by atoms with van der Waals surface area (Å²) in [6, 6.07) is 0. The highest BCUT2D eigenvalue weighted by Crippen LogP contribution is 2.57. The van der Waals surface area contributed by atoms with Crippen molar-refractivity contribution in [1.82, 2.24) is 0 Å².